The Morgan fingerprint density at radius 2 is 1.74 bits per heavy atom. The molecule has 0 amide bonds. The minimum absolute atomic E-state index is 0.384. The molecule has 1 aliphatic carbocycles. The van der Waals surface area contributed by atoms with Crippen LogP contribution in [0, 0.1) is 5.92 Å². The van der Waals surface area contributed by atoms with Gasteiger partial charge in [-0.25, -0.2) is 9.97 Å². The number of aromatic nitrogens is 3. The SMILES string of the molecule is c1cnc(-n2cccc2CN(CC2CCN(C3CCCC3)CC2)C[C@@H]2CCCO2)nc1. The van der Waals surface area contributed by atoms with Crippen molar-refractivity contribution in [2.45, 2.75) is 70.1 Å². The normalized spacial score (nSPS) is 23.8. The van der Waals surface area contributed by atoms with Crippen LogP contribution in [-0.2, 0) is 11.3 Å². The lowest BCUT2D eigenvalue weighted by molar-refractivity contribution is 0.0533. The molecule has 1 atom stereocenters. The summed E-state index contributed by atoms with van der Waals surface area (Å²) in [5.41, 5.74) is 1.26. The van der Waals surface area contributed by atoms with Crippen LogP contribution in [0.2, 0.25) is 0 Å². The van der Waals surface area contributed by atoms with Gasteiger partial charge in [-0.15, -0.1) is 0 Å². The summed E-state index contributed by atoms with van der Waals surface area (Å²) in [7, 11) is 0. The molecule has 31 heavy (non-hydrogen) atoms. The summed E-state index contributed by atoms with van der Waals surface area (Å²) in [5.74, 6) is 1.54. The van der Waals surface area contributed by atoms with E-state index in [9.17, 15) is 0 Å². The van der Waals surface area contributed by atoms with Crippen LogP contribution >= 0.6 is 0 Å². The maximum atomic E-state index is 6.01. The zero-order valence-corrected chi connectivity index (χ0v) is 18.7. The molecule has 0 radical (unpaired) electrons. The van der Waals surface area contributed by atoms with Crippen LogP contribution in [0.3, 0.4) is 0 Å². The molecule has 1 saturated carbocycles. The van der Waals surface area contributed by atoms with Gasteiger partial charge in [0, 0.05) is 56.6 Å². The van der Waals surface area contributed by atoms with Crippen LogP contribution in [0.1, 0.15) is 57.1 Å². The molecular formula is C25H37N5O. The van der Waals surface area contributed by atoms with Crippen molar-refractivity contribution in [1.82, 2.24) is 24.3 Å². The van der Waals surface area contributed by atoms with Crippen molar-refractivity contribution >= 4 is 0 Å². The van der Waals surface area contributed by atoms with E-state index in [1.165, 1.54) is 76.7 Å². The van der Waals surface area contributed by atoms with Gasteiger partial charge in [-0.1, -0.05) is 12.8 Å². The molecule has 168 valence electrons. The second-order valence-electron chi connectivity index (χ2n) is 9.67. The molecule has 2 aliphatic heterocycles. The second-order valence-corrected chi connectivity index (χ2v) is 9.67. The maximum Gasteiger partial charge on any atom is 0.233 e. The zero-order chi connectivity index (χ0) is 20.9. The predicted octanol–water partition coefficient (Wildman–Crippen LogP) is 3.90. The third-order valence-electron chi connectivity index (χ3n) is 7.48. The van der Waals surface area contributed by atoms with Gasteiger partial charge in [-0.05, 0) is 75.7 Å². The molecule has 0 aromatic carbocycles. The standard InChI is InChI=1S/C25H37N5O/c1-2-7-22(6-1)29-15-10-21(11-16-29)18-28(20-24-9-4-17-31-24)19-23-8-3-14-30(23)25-26-12-5-13-27-25/h3,5,8,12-14,21-22,24H,1-2,4,6-7,9-11,15-20H2/t24-/m0/s1. The highest BCUT2D eigenvalue weighted by molar-refractivity contribution is 5.20. The number of hydrogen-bond donors (Lipinski definition) is 0. The van der Waals surface area contributed by atoms with Gasteiger partial charge >= 0.3 is 0 Å². The minimum atomic E-state index is 0.384. The molecule has 0 N–H and O–H groups in total. The number of piperidine rings is 1. The molecule has 0 unspecified atom stereocenters. The van der Waals surface area contributed by atoms with E-state index < -0.39 is 0 Å². The lowest BCUT2D eigenvalue weighted by atomic mass is 9.94. The highest BCUT2D eigenvalue weighted by atomic mass is 16.5. The Balaban J connectivity index is 1.23. The van der Waals surface area contributed by atoms with Gasteiger partial charge in [0.2, 0.25) is 5.95 Å². The largest absolute Gasteiger partial charge is 0.377 e. The zero-order valence-electron chi connectivity index (χ0n) is 18.7. The highest BCUT2D eigenvalue weighted by Gasteiger charge is 2.29. The van der Waals surface area contributed by atoms with Crippen LogP contribution in [0.15, 0.2) is 36.8 Å². The molecule has 6 heteroatoms. The summed E-state index contributed by atoms with van der Waals surface area (Å²) in [6.07, 6.45) is 16.9. The van der Waals surface area contributed by atoms with Gasteiger partial charge in [0.1, 0.15) is 0 Å². The molecule has 3 fully saturated rings. The minimum Gasteiger partial charge on any atom is -0.377 e. The third kappa shape index (κ3) is 5.36. The fraction of sp³-hybridized carbons (Fsp3) is 0.680. The number of rotatable bonds is 8. The van der Waals surface area contributed by atoms with E-state index in [4.69, 9.17) is 4.74 Å². The predicted molar refractivity (Wildman–Crippen MR) is 122 cm³/mol. The molecular weight excluding hydrogens is 386 g/mol. The van der Waals surface area contributed by atoms with Crippen molar-refractivity contribution in [3.8, 4) is 5.95 Å². The van der Waals surface area contributed by atoms with E-state index in [1.54, 1.807) is 0 Å². The summed E-state index contributed by atoms with van der Waals surface area (Å²) in [4.78, 5) is 14.3. The Hall–Kier alpha value is -1.76. The average Bonchev–Trinajstić information content (AvgIpc) is 3.58. The molecule has 2 aromatic rings. The van der Waals surface area contributed by atoms with Crippen LogP contribution in [0.5, 0.6) is 0 Å². The van der Waals surface area contributed by atoms with E-state index in [2.05, 4.69) is 42.7 Å². The van der Waals surface area contributed by atoms with E-state index in [0.717, 1.165) is 37.6 Å². The molecule has 6 nitrogen and oxygen atoms in total. The van der Waals surface area contributed by atoms with Crippen molar-refractivity contribution < 1.29 is 4.74 Å². The lowest BCUT2D eigenvalue weighted by Gasteiger charge is -2.38. The van der Waals surface area contributed by atoms with Crippen molar-refractivity contribution in [2.24, 2.45) is 5.92 Å². The fourth-order valence-electron chi connectivity index (χ4n) is 5.80. The van der Waals surface area contributed by atoms with Gasteiger partial charge in [-0.2, -0.15) is 0 Å². The van der Waals surface area contributed by atoms with Crippen molar-refractivity contribution in [3.05, 3.63) is 42.5 Å². The summed E-state index contributed by atoms with van der Waals surface area (Å²) in [6, 6.07) is 7.06. The summed E-state index contributed by atoms with van der Waals surface area (Å²) < 4.78 is 8.14. The Kier molecular flexibility index (Phi) is 6.97. The molecule has 0 bridgehead atoms. The Bertz CT molecular complexity index is 789. The van der Waals surface area contributed by atoms with Crippen molar-refractivity contribution in [3.63, 3.8) is 0 Å². The molecule has 4 heterocycles. The van der Waals surface area contributed by atoms with Crippen LogP contribution in [0.4, 0.5) is 0 Å². The molecule has 2 aromatic heterocycles. The Labute approximate surface area is 186 Å². The second kappa shape index (κ2) is 10.2. The fourth-order valence-corrected chi connectivity index (χ4v) is 5.80. The van der Waals surface area contributed by atoms with Crippen molar-refractivity contribution in [1.29, 1.82) is 0 Å². The van der Waals surface area contributed by atoms with Gasteiger partial charge in [0.25, 0.3) is 0 Å². The number of ether oxygens (including phenoxy) is 1. The monoisotopic (exact) mass is 423 g/mol. The van der Waals surface area contributed by atoms with Crippen LogP contribution in [-0.4, -0.2) is 69.3 Å². The van der Waals surface area contributed by atoms with Gasteiger partial charge < -0.3 is 9.64 Å². The van der Waals surface area contributed by atoms with Gasteiger partial charge in [-0.3, -0.25) is 9.47 Å². The third-order valence-corrected chi connectivity index (χ3v) is 7.48. The number of likely N-dealkylation sites (tertiary alicyclic amines) is 1. The highest BCUT2D eigenvalue weighted by Crippen LogP contribution is 2.29. The quantitative estimate of drug-likeness (QED) is 0.644. The molecule has 3 aliphatic rings. The van der Waals surface area contributed by atoms with Crippen LogP contribution in [0.25, 0.3) is 5.95 Å². The summed E-state index contributed by atoms with van der Waals surface area (Å²) >= 11 is 0. The molecule has 5 rings (SSSR count). The first kappa shape index (κ1) is 21.1. The van der Waals surface area contributed by atoms with Crippen LogP contribution < -0.4 is 0 Å². The molecule has 0 spiro atoms. The van der Waals surface area contributed by atoms with E-state index in [0.29, 0.717) is 6.10 Å². The topological polar surface area (TPSA) is 46.4 Å². The van der Waals surface area contributed by atoms with E-state index in [-0.39, 0.29) is 0 Å². The Morgan fingerprint density at radius 3 is 2.48 bits per heavy atom. The van der Waals surface area contributed by atoms with E-state index in [1.807, 2.05) is 18.5 Å². The summed E-state index contributed by atoms with van der Waals surface area (Å²) in [5, 5.41) is 0. The van der Waals surface area contributed by atoms with Gasteiger partial charge in [0.05, 0.1) is 6.10 Å². The average molecular weight is 424 g/mol. The Morgan fingerprint density at radius 1 is 0.935 bits per heavy atom. The lowest BCUT2D eigenvalue weighted by Crippen LogP contribution is -2.43. The number of nitrogens with zero attached hydrogens (tertiary/aromatic N) is 5. The number of hydrogen-bond acceptors (Lipinski definition) is 5. The van der Waals surface area contributed by atoms with E-state index >= 15 is 0 Å². The smallest absolute Gasteiger partial charge is 0.233 e. The first-order chi connectivity index (χ1) is 15.3. The maximum absolute atomic E-state index is 6.01. The molecule has 2 saturated heterocycles. The van der Waals surface area contributed by atoms with Gasteiger partial charge in [0.15, 0.2) is 0 Å². The van der Waals surface area contributed by atoms with Crippen molar-refractivity contribution in [2.75, 3.05) is 32.8 Å². The first-order valence-electron chi connectivity index (χ1n) is 12.4. The summed E-state index contributed by atoms with van der Waals surface area (Å²) in [6.45, 7) is 6.62. The first-order valence-corrected chi connectivity index (χ1v) is 12.4.